The van der Waals surface area contributed by atoms with Gasteiger partial charge in [0.1, 0.15) is 0 Å². The lowest BCUT2D eigenvalue weighted by Gasteiger charge is -1.95. The van der Waals surface area contributed by atoms with Gasteiger partial charge in [0.25, 0.3) is 0 Å². The van der Waals surface area contributed by atoms with Crippen LogP contribution in [0.15, 0.2) is 12.1 Å². The van der Waals surface area contributed by atoms with Crippen molar-refractivity contribution in [3.63, 3.8) is 0 Å². The Kier molecular flexibility index (Phi) is 2.42. The van der Waals surface area contributed by atoms with Crippen molar-refractivity contribution in [2.75, 3.05) is 11.9 Å². The number of nitrogens with one attached hydrogen (secondary N) is 1. The Balaban J connectivity index is 2.58. The zero-order chi connectivity index (χ0) is 10.1. The van der Waals surface area contributed by atoms with Gasteiger partial charge in [0.05, 0.1) is 10.2 Å². The first-order valence-electron chi connectivity index (χ1n) is 4.82. The summed E-state index contributed by atoms with van der Waals surface area (Å²) >= 11 is 1.73. The van der Waals surface area contributed by atoms with Gasteiger partial charge in [-0.25, -0.2) is 4.98 Å². The van der Waals surface area contributed by atoms with Crippen LogP contribution in [0.2, 0.25) is 0 Å². The molecule has 0 saturated heterocycles. The van der Waals surface area contributed by atoms with Crippen molar-refractivity contribution in [1.29, 1.82) is 0 Å². The van der Waals surface area contributed by atoms with Gasteiger partial charge in [-0.05, 0) is 38.0 Å². The maximum atomic E-state index is 4.53. The minimum absolute atomic E-state index is 0.928. The Morgan fingerprint density at radius 3 is 2.86 bits per heavy atom. The molecule has 0 aliphatic carbocycles. The Morgan fingerprint density at radius 1 is 1.36 bits per heavy atom. The fourth-order valence-electron chi connectivity index (χ4n) is 1.60. The highest BCUT2D eigenvalue weighted by molar-refractivity contribution is 7.22. The molecule has 0 aliphatic rings. The number of hydrogen-bond acceptors (Lipinski definition) is 3. The van der Waals surface area contributed by atoms with E-state index in [4.69, 9.17) is 0 Å². The first kappa shape index (κ1) is 9.46. The van der Waals surface area contributed by atoms with E-state index in [9.17, 15) is 0 Å². The summed E-state index contributed by atoms with van der Waals surface area (Å²) in [6, 6.07) is 4.34. The highest BCUT2D eigenvalue weighted by atomic mass is 32.1. The van der Waals surface area contributed by atoms with E-state index in [1.54, 1.807) is 11.3 Å². The fourth-order valence-corrected chi connectivity index (χ4v) is 2.59. The summed E-state index contributed by atoms with van der Waals surface area (Å²) in [7, 11) is 0. The number of nitrogens with zero attached hydrogens (tertiary/aromatic N) is 1. The second-order valence-electron chi connectivity index (χ2n) is 3.48. The van der Waals surface area contributed by atoms with Gasteiger partial charge in [-0.1, -0.05) is 17.4 Å². The van der Waals surface area contributed by atoms with Crippen LogP contribution in [0.4, 0.5) is 5.13 Å². The SMILES string of the molecule is CCNc1nc2cc(C)cc(C)c2s1. The topological polar surface area (TPSA) is 24.9 Å². The number of rotatable bonds is 2. The van der Waals surface area contributed by atoms with Crippen LogP contribution in [-0.2, 0) is 0 Å². The molecule has 74 valence electrons. The van der Waals surface area contributed by atoms with Gasteiger partial charge in [0.2, 0.25) is 0 Å². The number of hydrogen-bond donors (Lipinski definition) is 1. The van der Waals surface area contributed by atoms with Crippen LogP contribution in [0.1, 0.15) is 18.1 Å². The molecule has 0 atom stereocenters. The lowest BCUT2D eigenvalue weighted by Crippen LogP contribution is -1.94. The van der Waals surface area contributed by atoms with Crippen LogP contribution in [0.3, 0.4) is 0 Å². The van der Waals surface area contributed by atoms with Crippen molar-refractivity contribution < 1.29 is 0 Å². The quantitative estimate of drug-likeness (QED) is 0.815. The molecule has 2 aromatic rings. The molecule has 1 heterocycles. The van der Waals surface area contributed by atoms with Crippen LogP contribution < -0.4 is 5.32 Å². The van der Waals surface area contributed by atoms with Crippen molar-refractivity contribution in [3.8, 4) is 0 Å². The molecule has 3 heteroatoms. The molecule has 0 fully saturated rings. The number of anilines is 1. The molecular weight excluding hydrogens is 192 g/mol. The third-order valence-electron chi connectivity index (χ3n) is 2.15. The first-order chi connectivity index (χ1) is 6.70. The minimum Gasteiger partial charge on any atom is -0.362 e. The molecule has 2 nitrogen and oxygen atoms in total. The molecule has 0 radical (unpaired) electrons. The molecule has 0 bridgehead atoms. The number of aryl methyl sites for hydroxylation is 2. The maximum absolute atomic E-state index is 4.53. The van der Waals surface area contributed by atoms with Crippen LogP contribution in [0.5, 0.6) is 0 Å². The normalized spacial score (nSPS) is 10.8. The Labute approximate surface area is 88.0 Å². The number of fused-ring (bicyclic) bond motifs is 1. The zero-order valence-corrected chi connectivity index (χ0v) is 9.53. The smallest absolute Gasteiger partial charge is 0.183 e. The monoisotopic (exact) mass is 206 g/mol. The molecule has 0 spiro atoms. The third-order valence-corrected chi connectivity index (χ3v) is 3.31. The van der Waals surface area contributed by atoms with Crippen molar-refractivity contribution in [2.24, 2.45) is 0 Å². The third kappa shape index (κ3) is 1.60. The zero-order valence-electron chi connectivity index (χ0n) is 8.72. The first-order valence-corrected chi connectivity index (χ1v) is 5.64. The van der Waals surface area contributed by atoms with Crippen molar-refractivity contribution >= 4 is 26.7 Å². The van der Waals surface area contributed by atoms with Gasteiger partial charge in [-0.15, -0.1) is 0 Å². The summed E-state index contributed by atoms with van der Waals surface area (Å²) in [5.74, 6) is 0. The fraction of sp³-hybridized carbons (Fsp3) is 0.364. The van der Waals surface area contributed by atoms with E-state index in [1.165, 1.54) is 15.8 Å². The molecule has 14 heavy (non-hydrogen) atoms. The lowest BCUT2D eigenvalue weighted by molar-refractivity contribution is 1.20. The molecule has 1 N–H and O–H groups in total. The molecule has 2 rings (SSSR count). The van der Waals surface area contributed by atoms with Crippen molar-refractivity contribution in [2.45, 2.75) is 20.8 Å². The van der Waals surface area contributed by atoms with E-state index in [-0.39, 0.29) is 0 Å². The molecule has 1 aromatic carbocycles. The van der Waals surface area contributed by atoms with Crippen LogP contribution in [-0.4, -0.2) is 11.5 Å². The van der Waals surface area contributed by atoms with Gasteiger partial charge in [0, 0.05) is 6.54 Å². The minimum atomic E-state index is 0.928. The summed E-state index contributed by atoms with van der Waals surface area (Å²) in [5, 5.41) is 4.28. The van der Waals surface area contributed by atoms with Crippen molar-refractivity contribution in [3.05, 3.63) is 23.3 Å². The number of benzene rings is 1. The summed E-state index contributed by atoms with van der Waals surface area (Å²) in [4.78, 5) is 4.53. The Bertz CT molecular complexity index is 460. The van der Waals surface area contributed by atoms with E-state index >= 15 is 0 Å². The lowest BCUT2D eigenvalue weighted by atomic mass is 10.1. The molecule has 0 unspecified atom stereocenters. The van der Waals surface area contributed by atoms with Gasteiger partial charge in [-0.3, -0.25) is 0 Å². The maximum Gasteiger partial charge on any atom is 0.183 e. The van der Waals surface area contributed by atoms with Crippen LogP contribution >= 0.6 is 11.3 Å². The van der Waals surface area contributed by atoms with Gasteiger partial charge < -0.3 is 5.32 Å². The predicted octanol–water partition coefficient (Wildman–Crippen LogP) is 3.34. The van der Waals surface area contributed by atoms with Crippen molar-refractivity contribution in [1.82, 2.24) is 4.98 Å². The van der Waals surface area contributed by atoms with E-state index in [0.717, 1.165) is 17.2 Å². The molecule has 0 saturated carbocycles. The Hall–Kier alpha value is -1.09. The molecule has 0 amide bonds. The number of aromatic nitrogens is 1. The van der Waals surface area contributed by atoms with Crippen LogP contribution in [0, 0.1) is 13.8 Å². The van der Waals surface area contributed by atoms with E-state index in [2.05, 4.69) is 43.2 Å². The summed E-state index contributed by atoms with van der Waals surface area (Å²) < 4.78 is 1.30. The highest BCUT2D eigenvalue weighted by Crippen LogP contribution is 2.29. The standard InChI is InChI=1S/C11H14N2S/c1-4-12-11-13-9-6-7(2)5-8(3)10(9)14-11/h5-6H,4H2,1-3H3,(H,12,13). The summed E-state index contributed by atoms with van der Waals surface area (Å²) in [5.41, 5.74) is 3.72. The summed E-state index contributed by atoms with van der Waals surface area (Å²) in [6.45, 7) is 7.27. The van der Waals surface area contributed by atoms with Crippen LogP contribution in [0.25, 0.3) is 10.2 Å². The average molecular weight is 206 g/mol. The highest BCUT2D eigenvalue weighted by Gasteiger charge is 2.05. The van der Waals surface area contributed by atoms with Gasteiger partial charge >= 0.3 is 0 Å². The largest absolute Gasteiger partial charge is 0.362 e. The molecular formula is C11H14N2S. The predicted molar refractivity (Wildman–Crippen MR) is 63.3 cm³/mol. The second kappa shape index (κ2) is 3.58. The Morgan fingerprint density at radius 2 is 2.14 bits per heavy atom. The summed E-state index contributed by atoms with van der Waals surface area (Å²) in [6.07, 6.45) is 0. The average Bonchev–Trinajstić information content (AvgIpc) is 2.48. The van der Waals surface area contributed by atoms with Gasteiger partial charge in [-0.2, -0.15) is 0 Å². The molecule has 1 aromatic heterocycles. The molecule has 0 aliphatic heterocycles. The van der Waals surface area contributed by atoms with Gasteiger partial charge in [0.15, 0.2) is 5.13 Å². The van der Waals surface area contributed by atoms with E-state index in [1.807, 2.05) is 0 Å². The van der Waals surface area contributed by atoms with E-state index in [0.29, 0.717) is 0 Å². The second-order valence-corrected chi connectivity index (χ2v) is 4.48. The number of thiazole rings is 1. The van der Waals surface area contributed by atoms with E-state index < -0.39 is 0 Å².